The van der Waals surface area contributed by atoms with E-state index in [-0.39, 0.29) is 46.3 Å². The van der Waals surface area contributed by atoms with E-state index in [2.05, 4.69) is 0 Å². The number of Topliss-reactive ketones (excluding diaryl/α,β-unsaturated/α-hetero) is 1. The molecule has 4 rings (SSSR count). The molecule has 32 heavy (non-hydrogen) atoms. The molecule has 0 amide bonds. The lowest BCUT2D eigenvalue weighted by atomic mass is 9.88. The van der Waals surface area contributed by atoms with Crippen molar-refractivity contribution in [2.24, 2.45) is 0 Å². The van der Waals surface area contributed by atoms with Gasteiger partial charge in [0, 0.05) is 17.2 Å². The zero-order valence-electron chi connectivity index (χ0n) is 16.6. The summed E-state index contributed by atoms with van der Waals surface area (Å²) < 4.78 is 11.1. The fourth-order valence-corrected chi connectivity index (χ4v) is 3.80. The van der Waals surface area contributed by atoms with Crippen LogP contribution in [0.4, 0.5) is 0 Å². The first-order valence-electron chi connectivity index (χ1n) is 9.78. The predicted octanol–water partition coefficient (Wildman–Crippen LogP) is -0.0230. The minimum absolute atomic E-state index is 0.0267. The van der Waals surface area contributed by atoms with Crippen LogP contribution < -0.4 is 4.74 Å². The number of hydrogen-bond donors (Lipinski definition) is 7. The molecule has 0 radical (unpaired) electrons. The molecule has 2 aliphatic rings. The molecule has 0 aliphatic carbocycles. The Morgan fingerprint density at radius 1 is 0.938 bits per heavy atom. The van der Waals surface area contributed by atoms with Gasteiger partial charge in [0.05, 0.1) is 12.2 Å². The molecule has 5 unspecified atom stereocenters. The van der Waals surface area contributed by atoms with Gasteiger partial charge in [0.25, 0.3) is 0 Å². The number of fused-ring (bicyclic) bond motifs is 1. The molecule has 2 aliphatic heterocycles. The Balaban J connectivity index is 1.70. The van der Waals surface area contributed by atoms with Gasteiger partial charge >= 0.3 is 0 Å². The highest BCUT2D eigenvalue weighted by Crippen LogP contribution is 2.41. The van der Waals surface area contributed by atoms with E-state index >= 15 is 0 Å². The molecule has 0 aromatic heterocycles. The summed E-state index contributed by atoms with van der Waals surface area (Å²) in [5.74, 6) is -1.35. The third-order valence-electron chi connectivity index (χ3n) is 5.59. The second-order valence-corrected chi connectivity index (χ2v) is 7.69. The van der Waals surface area contributed by atoms with Crippen molar-refractivity contribution in [3.63, 3.8) is 0 Å². The summed E-state index contributed by atoms with van der Waals surface area (Å²) >= 11 is 0. The number of ketones is 1. The number of benzene rings is 2. The lowest BCUT2D eigenvalue weighted by molar-refractivity contribution is -0.232. The second-order valence-electron chi connectivity index (χ2n) is 7.69. The number of phenols is 3. The topological polar surface area (TPSA) is 177 Å². The summed E-state index contributed by atoms with van der Waals surface area (Å²) in [7, 11) is 0. The predicted molar refractivity (Wildman–Crippen MR) is 108 cm³/mol. The van der Waals surface area contributed by atoms with Crippen LogP contribution in [0.5, 0.6) is 23.0 Å². The van der Waals surface area contributed by atoms with Crippen molar-refractivity contribution >= 4 is 11.9 Å². The fraction of sp³-hybridized carbons (Fsp3) is 0.318. The molecule has 2 heterocycles. The molecule has 7 N–H and O–H groups in total. The number of carbonyl (C=O) groups excluding carboxylic acids is 1. The Morgan fingerprint density at radius 2 is 1.69 bits per heavy atom. The molecule has 1 saturated heterocycles. The quantitative estimate of drug-likeness (QED) is 0.250. The average Bonchev–Trinajstić information content (AvgIpc) is 2.77. The molecule has 0 spiro atoms. The minimum atomic E-state index is -1.65. The largest absolute Gasteiger partial charge is 0.507 e. The first kappa shape index (κ1) is 22.1. The zero-order chi connectivity index (χ0) is 23.2. The first-order valence-corrected chi connectivity index (χ1v) is 9.78. The van der Waals surface area contributed by atoms with Gasteiger partial charge < -0.3 is 45.2 Å². The number of aliphatic hydroxyl groups excluding tert-OH is 4. The molecule has 10 nitrogen and oxygen atoms in total. The molecule has 0 saturated carbocycles. The van der Waals surface area contributed by atoms with Crippen LogP contribution in [0.15, 0.2) is 35.9 Å². The van der Waals surface area contributed by atoms with Gasteiger partial charge in [-0.2, -0.15) is 0 Å². The van der Waals surface area contributed by atoms with Crippen LogP contribution >= 0.6 is 0 Å². The van der Waals surface area contributed by atoms with Crippen LogP contribution in [-0.4, -0.2) is 79.2 Å². The number of phenolic OH excluding ortho intramolecular Hbond substituents is 3. The van der Waals surface area contributed by atoms with Crippen molar-refractivity contribution < 1.29 is 50.0 Å². The van der Waals surface area contributed by atoms with Crippen LogP contribution in [0.2, 0.25) is 0 Å². The van der Waals surface area contributed by atoms with E-state index < -0.39 is 42.9 Å². The summed E-state index contributed by atoms with van der Waals surface area (Å²) in [5.41, 5.74) is 0.716. The maximum absolute atomic E-state index is 13.1. The van der Waals surface area contributed by atoms with Gasteiger partial charge in [0.15, 0.2) is 17.3 Å². The Bertz CT molecular complexity index is 1080. The summed E-state index contributed by atoms with van der Waals surface area (Å²) in [6.07, 6.45) is -5.87. The van der Waals surface area contributed by atoms with E-state index in [1.54, 1.807) is 0 Å². The van der Waals surface area contributed by atoms with Crippen LogP contribution in [0.25, 0.3) is 6.08 Å². The van der Waals surface area contributed by atoms with Crippen molar-refractivity contribution in [3.05, 3.63) is 52.6 Å². The maximum Gasteiger partial charge on any atom is 0.196 e. The van der Waals surface area contributed by atoms with E-state index in [4.69, 9.17) is 9.47 Å². The highest BCUT2D eigenvalue weighted by Gasteiger charge is 2.45. The molecule has 2 aromatic rings. The van der Waals surface area contributed by atoms with Crippen molar-refractivity contribution in [2.45, 2.75) is 30.5 Å². The Kier molecular flexibility index (Phi) is 5.80. The Hall–Kier alpha value is -3.15. The van der Waals surface area contributed by atoms with Gasteiger partial charge in [-0.1, -0.05) is 6.07 Å². The van der Waals surface area contributed by atoms with E-state index in [1.165, 1.54) is 36.4 Å². The summed E-state index contributed by atoms with van der Waals surface area (Å²) in [6, 6.07) is 6.51. The lowest BCUT2D eigenvalue weighted by Crippen LogP contribution is -2.55. The number of carbonyl (C=O) groups is 1. The van der Waals surface area contributed by atoms with Crippen LogP contribution in [0.3, 0.4) is 0 Å². The third-order valence-corrected chi connectivity index (χ3v) is 5.59. The smallest absolute Gasteiger partial charge is 0.196 e. The van der Waals surface area contributed by atoms with Crippen molar-refractivity contribution in [1.82, 2.24) is 0 Å². The van der Waals surface area contributed by atoms with Gasteiger partial charge in [0.1, 0.15) is 48.6 Å². The molecule has 170 valence electrons. The maximum atomic E-state index is 13.1. The van der Waals surface area contributed by atoms with Gasteiger partial charge in [-0.15, -0.1) is 0 Å². The van der Waals surface area contributed by atoms with E-state index in [1.807, 2.05) is 0 Å². The van der Waals surface area contributed by atoms with Crippen molar-refractivity contribution in [1.29, 1.82) is 0 Å². The standard InChI is InChI=1S/C22H22O10/c23-7-17-19(28)20(29)21(30)22(32-17)11-5-12-16(6-14(11)25)31-8-10(18(12)27)3-9-1-2-13(24)15(26)4-9/h1-6,17,19-26,28-30H,7-8H2/b10-3+. The zero-order valence-corrected chi connectivity index (χ0v) is 16.6. The van der Waals surface area contributed by atoms with Crippen LogP contribution in [0, 0.1) is 0 Å². The van der Waals surface area contributed by atoms with E-state index in [9.17, 15) is 40.5 Å². The Labute approximate surface area is 181 Å². The summed E-state index contributed by atoms with van der Waals surface area (Å²) in [6.45, 7) is -0.742. The van der Waals surface area contributed by atoms with E-state index in [0.717, 1.165) is 0 Å². The van der Waals surface area contributed by atoms with Gasteiger partial charge in [0.2, 0.25) is 0 Å². The molecule has 1 fully saturated rings. The number of aromatic hydroxyl groups is 3. The SMILES string of the molecule is O=C1/C(=C/c2ccc(O)c(O)c2)COc2cc(O)c(C3OC(CO)C(O)C(O)C3O)cc21. The fourth-order valence-electron chi connectivity index (χ4n) is 3.80. The van der Waals surface area contributed by atoms with E-state index in [0.29, 0.717) is 5.56 Å². The molecule has 10 heteroatoms. The highest BCUT2D eigenvalue weighted by molar-refractivity contribution is 6.14. The van der Waals surface area contributed by atoms with Gasteiger partial charge in [-0.25, -0.2) is 0 Å². The van der Waals surface area contributed by atoms with Gasteiger partial charge in [-0.05, 0) is 29.8 Å². The normalized spacial score (nSPS) is 28.9. The molecular formula is C22H22O10. The molecule has 5 atom stereocenters. The number of rotatable bonds is 3. The molecule has 0 bridgehead atoms. The van der Waals surface area contributed by atoms with Crippen LogP contribution in [-0.2, 0) is 4.74 Å². The minimum Gasteiger partial charge on any atom is -0.507 e. The Morgan fingerprint density at radius 3 is 2.38 bits per heavy atom. The monoisotopic (exact) mass is 446 g/mol. The number of aliphatic hydroxyl groups is 4. The molecule has 2 aromatic carbocycles. The third kappa shape index (κ3) is 3.78. The van der Waals surface area contributed by atoms with Crippen LogP contribution in [0.1, 0.15) is 27.6 Å². The highest BCUT2D eigenvalue weighted by atomic mass is 16.5. The number of ether oxygens (including phenoxy) is 2. The van der Waals surface area contributed by atoms with Crippen molar-refractivity contribution in [3.8, 4) is 23.0 Å². The van der Waals surface area contributed by atoms with Crippen molar-refractivity contribution in [2.75, 3.05) is 13.2 Å². The average molecular weight is 446 g/mol. The summed E-state index contributed by atoms with van der Waals surface area (Å²) in [4.78, 5) is 13.1. The lowest BCUT2D eigenvalue weighted by Gasteiger charge is -2.40. The molecular weight excluding hydrogens is 424 g/mol. The number of hydrogen-bond acceptors (Lipinski definition) is 10. The second kappa shape index (κ2) is 8.41. The summed E-state index contributed by atoms with van der Waals surface area (Å²) in [5, 5.41) is 69.3. The first-order chi connectivity index (χ1) is 15.2. The van der Waals surface area contributed by atoms with Gasteiger partial charge in [-0.3, -0.25) is 4.79 Å².